The SMILES string of the molecule is CCC1C(=O)NC(=O)CN1C(=O)c1c[nH]c2ccccc12. The van der Waals surface area contributed by atoms with E-state index < -0.39 is 17.9 Å². The second-order valence-electron chi connectivity index (χ2n) is 5.02. The number of amides is 3. The molecule has 1 atom stereocenters. The lowest BCUT2D eigenvalue weighted by atomic mass is 10.1. The summed E-state index contributed by atoms with van der Waals surface area (Å²) in [4.78, 5) is 40.5. The van der Waals surface area contributed by atoms with E-state index in [1.54, 1.807) is 6.20 Å². The van der Waals surface area contributed by atoms with Crippen LogP contribution in [0.3, 0.4) is 0 Å². The minimum Gasteiger partial charge on any atom is -0.360 e. The Morgan fingerprint density at radius 3 is 2.86 bits per heavy atom. The molecule has 1 aromatic heterocycles. The predicted octanol–water partition coefficient (Wildman–Crippen LogP) is 1.05. The van der Waals surface area contributed by atoms with Crippen LogP contribution in [0.1, 0.15) is 23.7 Å². The van der Waals surface area contributed by atoms with Crippen LogP contribution in [0.4, 0.5) is 0 Å². The first-order chi connectivity index (χ1) is 10.1. The Morgan fingerprint density at radius 2 is 2.10 bits per heavy atom. The van der Waals surface area contributed by atoms with E-state index in [2.05, 4.69) is 10.3 Å². The molecule has 0 saturated carbocycles. The number of aromatic amines is 1. The van der Waals surface area contributed by atoms with Crippen molar-refractivity contribution in [3.63, 3.8) is 0 Å². The summed E-state index contributed by atoms with van der Waals surface area (Å²) >= 11 is 0. The van der Waals surface area contributed by atoms with Gasteiger partial charge in [-0.1, -0.05) is 25.1 Å². The third-order valence-electron chi connectivity index (χ3n) is 3.72. The summed E-state index contributed by atoms with van der Waals surface area (Å²) in [6.45, 7) is 1.72. The molecule has 1 aromatic carbocycles. The Kier molecular flexibility index (Phi) is 3.21. The lowest BCUT2D eigenvalue weighted by Crippen LogP contribution is -2.59. The van der Waals surface area contributed by atoms with E-state index in [1.165, 1.54) is 4.90 Å². The van der Waals surface area contributed by atoms with Gasteiger partial charge >= 0.3 is 0 Å². The number of hydrogen-bond donors (Lipinski definition) is 2. The molecule has 0 bridgehead atoms. The van der Waals surface area contributed by atoms with Crippen molar-refractivity contribution >= 4 is 28.6 Å². The Labute approximate surface area is 121 Å². The summed E-state index contributed by atoms with van der Waals surface area (Å²) in [5, 5.41) is 3.06. The van der Waals surface area contributed by atoms with Gasteiger partial charge in [0.2, 0.25) is 11.8 Å². The fraction of sp³-hybridized carbons (Fsp3) is 0.267. The number of piperazine rings is 1. The predicted molar refractivity (Wildman–Crippen MR) is 76.6 cm³/mol. The molecule has 3 amide bonds. The van der Waals surface area contributed by atoms with Crippen molar-refractivity contribution in [1.29, 1.82) is 0 Å². The average Bonchev–Trinajstić information content (AvgIpc) is 2.89. The van der Waals surface area contributed by atoms with Gasteiger partial charge in [0, 0.05) is 17.1 Å². The van der Waals surface area contributed by atoms with Gasteiger partial charge in [-0.3, -0.25) is 19.7 Å². The van der Waals surface area contributed by atoms with Gasteiger partial charge in [0.15, 0.2) is 0 Å². The van der Waals surface area contributed by atoms with Crippen LogP contribution in [0.2, 0.25) is 0 Å². The number of para-hydroxylation sites is 1. The number of H-pyrrole nitrogens is 1. The first-order valence-electron chi connectivity index (χ1n) is 6.82. The number of fused-ring (bicyclic) bond motifs is 1. The van der Waals surface area contributed by atoms with Gasteiger partial charge in [-0.15, -0.1) is 0 Å². The lowest BCUT2D eigenvalue weighted by molar-refractivity contribution is -0.138. The van der Waals surface area contributed by atoms with Gasteiger partial charge in [-0.25, -0.2) is 0 Å². The third-order valence-corrected chi connectivity index (χ3v) is 3.72. The van der Waals surface area contributed by atoms with Gasteiger partial charge in [0.1, 0.15) is 12.6 Å². The van der Waals surface area contributed by atoms with E-state index in [0.717, 1.165) is 10.9 Å². The second kappa shape index (κ2) is 5.05. The van der Waals surface area contributed by atoms with Crippen molar-refractivity contribution in [2.75, 3.05) is 6.54 Å². The van der Waals surface area contributed by atoms with Gasteiger partial charge in [-0.05, 0) is 12.5 Å². The maximum absolute atomic E-state index is 12.7. The standard InChI is InChI=1S/C15H15N3O3/c1-2-12-14(20)17-13(19)8-18(12)15(21)10-7-16-11-6-4-3-5-9(10)11/h3-7,12,16H,2,8H2,1H3,(H,17,19,20). The third kappa shape index (κ3) is 2.18. The number of carbonyl (C=O) groups excluding carboxylic acids is 3. The number of hydrogen-bond acceptors (Lipinski definition) is 3. The molecule has 6 heteroatoms. The molecule has 2 N–H and O–H groups in total. The number of imide groups is 1. The van der Waals surface area contributed by atoms with E-state index in [-0.39, 0.29) is 12.5 Å². The normalized spacial score (nSPS) is 18.9. The quantitative estimate of drug-likeness (QED) is 0.809. The monoisotopic (exact) mass is 285 g/mol. The van der Waals surface area contributed by atoms with Crippen LogP contribution in [0.5, 0.6) is 0 Å². The first kappa shape index (κ1) is 13.4. The van der Waals surface area contributed by atoms with E-state index in [4.69, 9.17) is 0 Å². The molecule has 1 saturated heterocycles. The van der Waals surface area contributed by atoms with Crippen molar-refractivity contribution in [2.45, 2.75) is 19.4 Å². The molecule has 2 heterocycles. The summed E-state index contributed by atoms with van der Waals surface area (Å²) in [6, 6.07) is 6.82. The highest BCUT2D eigenvalue weighted by atomic mass is 16.2. The lowest BCUT2D eigenvalue weighted by Gasteiger charge is -2.33. The van der Waals surface area contributed by atoms with Gasteiger partial charge in [0.05, 0.1) is 5.56 Å². The number of nitrogens with zero attached hydrogens (tertiary/aromatic N) is 1. The minimum atomic E-state index is -0.608. The van der Waals surface area contributed by atoms with Crippen LogP contribution in [-0.2, 0) is 9.59 Å². The van der Waals surface area contributed by atoms with Crippen LogP contribution in [-0.4, -0.2) is 40.2 Å². The molecule has 0 spiro atoms. The fourth-order valence-electron chi connectivity index (χ4n) is 2.69. The molecule has 1 aliphatic rings. The second-order valence-corrected chi connectivity index (χ2v) is 5.02. The number of rotatable bonds is 2. The van der Waals surface area contributed by atoms with Crippen molar-refractivity contribution < 1.29 is 14.4 Å². The molecule has 3 rings (SSSR count). The molecule has 21 heavy (non-hydrogen) atoms. The number of aromatic nitrogens is 1. The van der Waals surface area contributed by atoms with E-state index in [0.29, 0.717) is 12.0 Å². The summed E-state index contributed by atoms with van der Waals surface area (Å²) in [6.07, 6.45) is 2.09. The maximum atomic E-state index is 12.7. The Morgan fingerprint density at radius 1 is 1.33 bits per heavy atom. The number of carbonyl (C=O) groups is 3. The highest BCUT2D eigenvalue weighted by Gasteiger charge is 2.36. The van der Waals surface area contributed by atoms with Crippen molar-refractivity contribution in [3.8, 4) is 0 Å². The molecule has 1 fully saturated rings. The zero-order valence-corrected chi connectivity index (χ0v) is 11.6. The topological polar surface area (TPSA) is 82.3 Å². The highest BCUT2D eigenvalue weighted by Crippen LogP contribution is 2.21. The molecule has 0 aliphatic carbocycles. The molecular weight excluding hydrogens is 270 g/mol. The minimum absolute atomic E-state index is 0.0947. The van der Waals surface area contributed by atoms with Crippen LogP contribution in [0.25, 0.3) is 10.9 Å². The maximum Gasteiger partial charge on any atom is 0.257 e. The molecule has 108 valence electrons. The first-order valence-corrected chi connectivity index (χ1v) is 6.82. The van der Waals surface area contributed by atoms with Crippen LogP contribution >= 0.6 is 0 Å². The van der Waals surface area contributed by atoms with E-state index in [1.807, 2.05) is 31.2 Å². The summed E-state index contributed by atoms with van der Waals surface area (Å²) < 4.78 is 0. The van der Waals surface area contributed by atoms with Crippen LogP contribution < -0.4 is 5.32 Å². The van der Waals surface area contributed by atoms with Gasteiger partial charge in [0.25, 0.3) is 5.91 Å². The Balaban J connectivity index is 2.00. The van der Waals surface area contributed by atoms with Crippen molar-refractivity contribution in [2.24, 2.45) is 0 Å². The zero-order valence-electron chi connectivity index (χ0n) is 11.6. The summed E-state index contributed by atoms with van der Waals surface area (Å²) in [5.74, 6) is -1.16. The number of benzene rings is 1. The average molecular weight is 285 g/mol. The fourth-order valence-corrected chi connectivity index (χ4v) is 2.69. The Bertz CT molecular complexity index is 735. The molecule has 2 aromatic rings. The summed E-state index contributed by atoms with van der Waals surface area (Å²) in [7, 11) is 0. The highest BCUT2D eigenvalue weighted by molar-refractivity contribution is 6.11. The summed E-state index contributed by atoms with van der Waals surface area (Å²) in [5.41, 5.74) is 1.33. The number of nitrogens with one attached hydrogen (secondary N) is 2. The zero-order chi connectivity index (χ0) is 15.0. The van der Waals surface area contributed by atoms with Crippen LogP contribution in [0.15, 0.2) is 30.5 Å². The largest absolute Gasteiger partial charge is 0.360 e. The van der Waals surface area contributed by atoms with Crippen molar-refractivity contribution in [3.05, 3.63) is 36.0 Å². The molecule has 6 nitrogen and oxygen atoms in total. The molecule has 1 unspecified atom stereocenters. The van der Waals surface area contributed by atoms with Crippen molar-refractivity contribution in [1.82, 2.24) is 15.2 Å². The van der Waals surface area contributed by atoms with E-state index in [9.17, 15) is 14.4 Å². The Hall–Kier alpha value is -2.63. The van der Waals surface area contributed by atoms with Crippen LogP contribution in [0, 0.1) is 0 Å². The van der Waals surface area contributed by atoms with Gasteiger partial charge < -0.3 is 9.88 Å². The molecule has 1 aliphatic heterocycles. The molecule has 0 radical (unpaired) electrons. The van der Waals surface area contributed by atoms with Gasteiger partial charge in [-0.2, -0.15) is 0 Å². The smallest absolute Gasteiger partial charge is 0.257 e. The molecular formula is C15H15N3O3. The van der Waals surface area contributed by atoms with E-state index >= 15 is 0 Å².